The lowest BCUT2D eigenvalue weighted by atomic mass is 9.54. The van der Waals surface area contributed by atoms with Gasteiger partial charge in [-0.3, -0.25) is 0 Å². The Morgan fingerprint density at radius 3 is 1.71 bits per heavy atom. The third kappa shape index (κ3) is 2.30. The molecule has 4 bridgehead atoms. The quantitative estimate of drug-likeness (QED) is 0.591. The van der Waals surface area contributed by atoms with Gasteiger partial charge in [0.05, 0.1) is 0 Å². The van der Waals surface area contributed by atoms with Gasteiger partial charge in [0.2, 0.25) is 0 Å². The number of aliphatic carboxylic acids is 1. The highest BCUT2D eigenvalue weighted by Gasteiger charge is 2.63. The van der Waals surface area contributed by atoms with Gasteiger partial charge < -0.3 is 5.11 Å². The Labute approximate surface area is 170 Å². The Bertz CT molecular complexity index is 665. The normalized spacial score (nSPS) is 53.4. The van der Waals surface area contributed by atoms with Crippen LogP contribution in [0.4, 0.5) is 0 Å². The van der Waals surface area contributed by atoms with Crippen molar-refractivity contribution in [2.75, 3.05) is 0 Å². The van der Waals surface area contributed by atoms with Crippen LogP contribution in [0.25, 0.3) is 0 Å². The van der Waals surface area contributed by atoms with Crippen LogP contribution in [0.5, 0.6) is 0 Å². The number of carboxylic acids is 1. The van der Waals surface area contributed by atoms with Gasteiger partial charge in [-0.2, -0.15) is 0 Å². The van der Waals surface area contributed by atoms with Crippen LogP contribution in [0.3, 0.4) is 0 Å². The third-order valence-electron chi connectivity index (χ3n) is 11.3. The molecule has 0 heterocycles. The predicted molar refractivity (Wildman–Crippen MR) is 111 cm³/mol. The smallest absolute Gasteiger partial charge is 0.330 e. The largest absolute Gasteiger partial charge is 0.478 e. The predicted octanol–water partition coefficient (Wildman–Crippen LogP) is 6.17. The molecule has 0 aromatic carbocycles. The lowest BCUT2D eigenvalue weighted by Crippen LogP contribution is -2.44. The molecule has 0 radical (unpaired) electrons. The van der Waals surface area contributed by atoms with Gasteiger partial charge >= 0.3 is 5.97 Å². The van der Waals surface area contributed by atoms with Crippen LogP contribution in [0.15, 0.2) is 11.6 Å². The number of hydrogen-bond acceptors (Lipinski definition) is 1. The van der Waals surface area contributed by atoms with E-state index in [0.717, 1.165) is 59.2 Å². The Balaban J connectivity index is 1.36. The molecule has 0 saturated heterocycles. The zero-order chi connectivity index (χ0) is 19.2. The monoisotopic (exact) mass is 382 g/mol. The van der Waals surface area contributed by atoms with Gasteiger partial charge in [0.15, 0.2) is 0 Å². The highest BCUT2D eigenvalue weighted by atomic mass is 16.4. The van der Waals surface area contributed by atoms with E-state index < -0.39 is 5.97 Å². The number of carboxylic acid groups (broad SMARTS) is 1. The fraction of sp³-hybridized carbons (Fsp3) is 0.885. The molecular weight excluding hydrogens is 344 g/mol. The maximum Gasteiger partial charge on any atom is 0.330 e. The second-order valence-corrected chi connectivity index (χ2v) is 12.0. The van der Waals surface area contributed by atoms with E-state index in [2.05, 4.69) is 13.0 Å². The summed E-state index contributed by atoms with van der Waals surface area (Å²) in [5.41, 5.74) is 0.724. The summed E-state index contributed by atoms with van der Waals surface area (Å²) in [6.07, 6.45) is 16.8. The average molecular weight is 383 g/mol. The number of fused-ring (bicyclic) bond motifs is 10. The van der Waals surface area contributed by atoms with Crippen LogP contribution < -0.4 is 0 Å². The molecule has 0 amide bonds. The van der Waals surface area contributed by atoms with Crippen LogP contribution in [0.2, 0.25) is 0 Å². The summed E-state index contributed by atoms with van der Waals surface area (Å²) in [5, 5.41) is 9.73. The van der Waals surface area contributed by atoms with Crippen LogP contribution in [-0.2, 0) is 4.79 Å². The van der Waals surface area contributed by atoms with Crippen LogP contribution in [0.1, 0.15) is 78.1 Å². The van der Waals surface area contributed by atoms with Crippen molar-refractivity contribution >= 4 is 5.97 Å². The van der Waals surface area contributed by atoms with Crippen molar-refractivity contribution in [1.82, 2.24) is 0 Å². The van der Waals surface area contributed by atoms with Gasteiger partial charge in [-0.05, 0) is 123 Å². The molecule has 10 atom stereocenters. The van der Waals surface area contributed by atoms with Crippen molar-refractivity contribution in [3.8, 4) is 0 Å². The summed E-state index contributed by atoms with van der Waals surface area (Å²) in [7, 11) is 0. The zero-order valence-electron chi connectivity index (χ0n) is 17.8. The topological polar surface area (TPSA) is 37.3 Å². The second-order valence-electron chi connectivity index (χ2n) is 12.0. The molecule has 2 nitrogen and oxygen atoms in total. The Kier molecular flexibility index (Phi) is 3.93. The SMILES string of the molecule is CC(=CC(C)(C1CC2CC1C1CCCC21)C1CC2CC1C1CCCC21)C(=O)O. The molecule has 1 N–H and O–H groups in total. The van der Waals surface area contributed by atoms with Gasteiger partial charge in [-0.15, -0.1) is 0 Å². The number of hydrogen-bond donors (Lipinski definition) is 1. The number of allylic oxidation sites excluding steroid dienone is 1. The minimum absolute atomic E-state index is 0.114. The Morgan fingerprint density at radius 1 is 0.786 bits per heavy atom. The molecule has 2 heteroatoms. The van der Waals surface area contributed by atoms with Crippen molar-refractivity contribution in [1.29, 1.82) is 0 Å². The van der Waals surface area contributed by atoms with E-state index in [9.17, 15) is 9.90 Å². The minimum Gasteiger partial charge on any atom is -0.478 e. The van der Waals surface area contributed by atoms with Gasteiger partial charge in [0.1, 0.15) is 0 Å². The Hall–Kier alpha value is -0.790. The molecule has 0 aromatic rings. The summed E-state index contributed by atoms with van der Waals surface area (Å²) in [4.78, 5) is 11.8. The van der Waals surface area contributed by atoms with Crippen molar-refractivity contribution in [3.63, 3.8) is 0 Å². The second kappa shape index (κ2) is 6.11. The summed E-state index contributed by atoms with van der Waals surface area (Å²) < 4.78 is 0. The molecule has 6 saturated carbocycles. The summed E-state index contributed by atoms with van der Waals surface area (Å²) >= 11 is 0. The van der Waals surface area contributed by atoms with E-state index in [-0.39, 0.29) is 5.41 Å². The molecule has 28 heavy (non-hydrogen) atoms. The first-order valence-electron chi connectivity index (χ1n) is 12.4. The number of rotatable bonds is 4. The molecule has 0 aromatic heterocycles. The Morgan fingerprint density at radius 2 is 1.25 bits per heavy atom. The third-order valence-corrected chi connectivity index (χ3v) is 11.3. The van der Waals surface area contributed by atoms with Gasteiger partial charge in [0.25, 0.3) is 0 Å². The van der Waals surface area contributed by atoms with E-state index in [1.165, 1.54) is 64.2 Å². The molecule has 6 rings (SSSR count). The van der Waals surface area contributed by atoms with Crippen molar-refractivity contribution in [3.05, 3.63) is 11.6 Å². The number of carbonyl (C=O) groups is 1. The first-order chi connectivity index (χ1) is 13.5. The van der Waals surface area contributed by atoms with Crippen molar-refractivity contribution in [2.24, 2.45) is 64.6 Å². The fourth-order valence-corrected chi connectivity index (χ4v) is 10.6. The minimum atomic E-state index is -0.699. The zero-order valence-corrected chi connectivity index (χ0v) is 17.8. The first kappa shape index (κ1) is 18.0. The average Bonchev–Trinajstić information content (AvgIpc) is 3.48. The summed E-state index contributed by atoms with van der Waals surface area (Å²) in [5.74, 6) is 8.47. The maximum absolute atomic E-state index is 11.8. The van der Waals surface area contributed by atoms with E-state index in [1.54, 1.807) is 0 Å². The fourth-order valence-electron chi connectivity index (χ4n) is 10.6. The van der Waals surface area contributed by atoms with Crippen LogP contribution in [0, 0.1) is 64.6 Å². The van der Waals surface area contributed by atoms with E-state index in [0.29, 0.717) is 5.57 Å². The van der Waals surface area contributed by atoms with E-state index >= 15 is 0 Å². The summed E-state index contributed by atoms with van der Waals surface area (Å²) in [6, 6.07) is 0. The molecule has 6 aliphatic carbocycles. The highest BCUT2D eigenvalue weighted by Crippen LogP contribution is 2.71. The van der Waals surface area contributed by atoms with E-state index in [1.807, 2.05) is 6.92 Å². The molecule has 0 spiro atoms. The molecule has 10 unspecified atom stereocenters. The van der Waals surface area contributed by atoms with Crippen molar-refractivity contribution in [2.45, 2.75) is 78.1 Å². The van der Waals surface area contributed by atoms with Crippen LogP contribution in [-0.4, -0.2) is 11.1 Å². The maximum atomic E-state index is 11.8. The summed E-state index contributed by atoms with van der Waals surface area (Å²) in [6.45, 7) is 4.38. The van der Waals surface area contributed by atoms with Gasteiger partial charge in [0, 0.05) is 5.57 Å². The molecule has 0 aliphatic heterocycles. The van der Waals surface area contributed by atoms with Gasteiger partial charge in [-0.1, -0.05) is 25.8 Å². The first-order valence-corrected chi connectivity index (χ1v) is 12.4. The lowest BCUT2D eigenvalue weighted by molar-refractivity contribution is -0.132. The van der Waals surface area contributed by atoms with Gasteiger partial charge in [-0.25, -0.2) is 4.79 Å². The highest BCUT2D eigenvalue weighted by molar-refractivity contribution is 5.85. The molecular formula is C26H38O2. The van der Waals surface area contributed by atoms with E-state index in [4.69, 9.17) is 0 Å². The molecule has 6 fully saturated rings. The lowest BCUT2D eigenvalue weighted by Gasteiger charge is -2.50. The molecule has 154 valence electrons. The van der Waals surface area contributed by atoms with Crippen molar-refractivity contribution < 1.29 is 9.90 Å². The standard InChI is InChI=1S/C26H38O2/c1-14(25(27)28)13-26(2,23-11-15-9-21(23)19-7-3-5-17(15)19)24-12-16-10-22(24)20-8-4-6-18(16)20/h13,15-24H,3-12H2,1-2H3,(H,27,28). The van der Waals surface area contributed by atoms with Crippen LogP contribution >= 0.6 is 0 Å². The molecule has 6 aliphatic rings.